The Morgan fingerprint density at radius 2 is 2.21 bits per heavy atom. The molecule has 2 nitrogen and oxygen atoms in total. The van der Waals surface area contributed by atoms with Crippen molar-refractivity contribution in [3.63, 3.8) is 0 Å². The Labute approximate surface area is 94.3 Å². The minimum absolute atomic E-state index is 0.785. The number of hydrogen-bond acceptors (Lipinski definition) is 2. The van der Waals surface area contributed by atoms with Crippen molar-refractivity contribution in [3.05, 3.63) is 22.8 Å². The third-order valence-electron chi connectivity index (χ3n) is 1.98. The van der Waals surface area contributed by atoms with E-state index in [1.807, 2.05) is 18.2 Å². The molecule has 1 aromatic rings. The maximum Gasteiger partial charge on any atom is 0.127 e. The van der Waals surface area contributed by atoms with Crippen LogP contribution in [0.1, 0.15) is 26.7 Å². The molecule has 0 saturated carbocycles. The van der Waals surface area contributed by atoms with Gasteiger partial charge in [0.1, 0.15) is 10.4 Å². The molecule has 1 aromatic heterocycles. The van der Waals surface area contributed by atoms with Crippen LogP contribution in [0.2, 0.25) is 0 Å². The van der Waals surface area contributed by atoms with Gasteiger partial charge in [-0.2, -0.15) is 0 Å². The van der Waals surface area contributed by atoms with Crippen LogP contribution >= 0.6 is 15.9 Å². The van der Waals surface area contributed by atoms with Gasteiger partial charge in [0.15, 0.2) is 0 Å². The topological polar surface area (TPSA) is 24.9 Å². The molecular weight excluding hydrogens is 240 g/mol. The molecule has 0 fully saturated rings. The molecule has 3 heteroatoms. The zero-order valence-corrected chi connectivity index (χ0v) is 10.3. The van der Waals surface area contributed by atoms with E-state index in [-0.39, 0.29) is 0 Å². The van der Waals surface area contributed by atoms with Crippen molar-refractivity contribution in [3.8, 4) is 0 Å². The van der Waals surface area contributed by atoms with E-state index in [0.717, 1.165) is 22.9 Å². The van der Waals surface area contributed by atoms with Gasteiger partial charge >= 0.3 is 0 Å². The zero-order chi connectivity index (χ0) is 10.4. The summed E-state index contributed by atoms with van der Waals surface area (Å²) in [7, 11) is 0. The van der Waals surface area contributed by atoms with E-state index < -0.39 is 0 Å². The smallest absolute Gasteiger partial charge is 0.127 e. The summed E-state index contributed by atoms with van der Waals surface area (Å²) in [5.41, 5.74) is 0. The minimum Gasteiger partial charge on any atom is -0.370 e. The Balaban J connectivity index is 2.25. The van der Waals surface area contributed by atoms with Crippen molar-refractivity contribution < 1.29 is 0 Å². The highest BCUT2D eigenvalue weighted by Gasteiger charge is 1.96. The first-order valence-electron chi connectivity index (χ1n) is 5.05. The Morgan fingerprint density at radius 3 is 2.86 bits per heavy atom. The van der Waals surface area contributed by atoms with Crippen molar-refractivity contribution >= 4 is 21.7 Å². The maximum absolute atomic E-state index is 4.30. The Morgan fingerprint density at radius 1 is 1.43 bits per heavy atom. The summed E-state index contributed by atoms with van der Waals surface area (Å²) in [6.45, 7) is 5.50. The highest BCUT2D eigenvalue weighted by molar-refractivity contribution is 9.10. The summed E-state index contributed by atoms with van der Waals surface area (Å²) in [5, 5.41) is 3.30. The minimum atomic E-state index is 0.785. The van der Waals surface area contributed by atoms with Gasteiger partial charge in [-0.3, -0.25) is 0 Å². The molecule has 14 heavy (non-hydrogen) atoms. The van der Waals surface area contributed by atoms with Crippen LogP contribution in [-0.4, -0.2) is 11.5 Å². The molecule has 0 radical (unpaired) electrons. The molecule has 1 rings (SSSR count). The lowest BCUT2D eigenvalue weighted by Crippen LogP contribution is -2.04. The van der Waals surface area contributed by atoms with Crippen molar-refractivity contribution in [1.29, 1.82) is 0 Å². The first-order chi connectivity index (χ1) is 6.68. The van der Waals surface area contributed by atoms with E-state index in [9.17, 15) is 0 Å². The molecule has 0 bridgehead atoms. The first kappa shape index (κ1) is 11.5. The third-order valence-corrected chi connectivity index (χ3v) is 2.42. The lowest BCUT2D eigenvalue weighted by molar-refractivity contribution is 0.566. The highest BCUT2D eigenvalue weighted by Crippen LogP contribution is 2.10. The number of pyridine rings is 1. The zero-order valence-electron chi connectivity index (χ0n) is 8.76. The van der Waals surface area contributed by atoms with Crippen LogP contribution in [0, 0.1) is 5.92 Å². The Kier molecular flexibility index (Phi) is 4.94. The quantitative estimate of drug-likeness (QED) is 0.642. The number of anilines is 1. The number of nitrogens with one attached hydrogen (secondary N) is 1. The fourth-order valence-electron chi connectivity index (χ4n) is 1.23. The molecule has 0 atom stereocenters. The summed E-state index contributed by atoms with van der Waals surface area (Å²) in [5.74, 6) is 1.73. The van der Waals surface area contributed by atoms with Gasteiger partial charge in [0.25, 0.3) is 0 Å². The van der Waals surface area contributed by atoms with Crippen LogP contribution < -0.4 is 5.32 Å². The van der Waals surface area contributed by atoms with Crippen molar-refractivity contribution in [2.75, 3.05) is 11.9 Å². The Bertz CT molecular complexity index is 274. The second-order valence-electron chi connectivity index (χ2n) is 3.81. The van der Waals surface area contributed by atoms with Gasteiger partial charge in [0.05, 0.1) is 0 Å². The van der Waals surface area contributed by atoms with Crippen LogP contribution in [-0.2, 0) is 0 Å². The van der Waals surface area contributed by atoms with E-state index in [0.29, 0.717) is 0 Å². The lowest BCUT2D eigenvalue weighted by Gasteiger charge is -2.07. The molecule has 0 spiro atoms. The lowest BCUT2D eigenvalue weighted by atomic mass is 10.1. The van der Waals surface area contributed by atoms with E-state index in [2.05, 4.69) is 40.1 Å². The van der Waals surface area contributed by atoms with Crippen molar-refractivity contribution in [1.82, 2.24) is 4.98 Å². The summed E-state index contributed by atoms with van der Waals surface area (Å²) < 4.78 is 0.881. The van der Waals surface area contributed by atoms with Gasteiger partial charge in [-0.1, -0.05) is 19.9 Å². The molecule has 0 saturated heterocycles. The molecule has 78 valence electrons. The SMILES string of the molecule is CC(C)CCCNc1cccc(Br)n1. The fourth-order valence-corrected chi connectivity index (χ4v) is 1.58. The van der Waals surface area contributed by atoms with Crippen LogP contribution in [0.4, 0.5) is 5.82 Å². The predicted octanol–water partition coefficient (Wildman–Crippen LogP) is 3.69. The molecule has 0 aliphatic rings. The average molecular weight is 257 g/mol. The summed E-state index contributed by atoms with van der Waals surface area (Å²) in [6.07, 6.45) is 2.47. The molecule has 0 aromatic carbocycles. The second-order valence-corrected chi connectivity index (χ2v) is 4.62. The summed E-state index contributed by atoms with van der Waals surface area (Å²) >= 11 is 3.34. The van der Waals surface area contributed by atoms with E-state index >= 15 is 0 Å². The molecule has 0 aliphatic carbocycles. The summed E-state index contributed by atoms with van der Waals surface area (Å²) in [6, 6.07) is 5.90. The molecule has 0 unspecified atom stereocenters. The number of hydrogen-bond donors (Lipinski definition) is 1. The van der Waals surface area contributed by atoms with E-state index in [1.54, 1.807) is 0 Å². The van der Waals surface area contributed by atoms with E-state index in [1.165, 1.54) is 12.8 Å². The average Bonchev–Trinajstić information content (AvgIpc) is 2.12. The Hall–Kier alpha value is -0.570. The van der Waals surface area contributed by atoms with Gasteiger partial charge in [-0.15, -0.1) is 0 Å². The number of aromatic nitrogens is 1. The third kappa shape index (κ3) is 4.61. The molecule has 1 heterocycles. The van der Waals surface area contributed by atoms with Gasteiger partial charge < -0.3 is 5.32 Å². The summed E-state index contributed by atoms with van der Waals surface area (Å²) in [4.78, 5) is 4.30. The molecule has 0 aliphatic heterocycles. The van der Waals surface area contributed by atoms with Gasteiger partial charge in [0, 0.05) is 6.54 Å². The first-order valence-corrected chi connectivity index (χ1v) is 5.84. The van der Waals surface area contributed by atoms with Gasteiger partial charge in [-0.25, -0.2) is 4.98 Å². The van der Waals surface area contributed by atoms with Crippen molar-refractivity contribution in [2.45, 2.75) is 26.7 Å². The largest absolute Gasteiger partial charge is 0.370 e. The van der Waals surface area contributed by atoms with Crippen LogP contribution in [0.25, 0.3) is 0 Å². The predicted molar refractivity (Wildman–Crippen MR) is 64.5 cm³/mol. The fraction of sp³-hybridized carbons (Fsp3) is 0.545. The highest BCUT2D eigenvalue weighted by atomic mass is 79.9. The number of rotatable bonds is 5. The van der Waals surface area contributed by atoms with Gasteiger partial charge in [-0.05, 0) is 46.8 Å². The normalized spacial score (nSPS) is 10.6. The van der Waals surface area contributed by atoms with Crippen LogP contribution in [0.15, 0.2) is 22.8 Å². The van der Waals surface area contributed by atoms with E-state index in [4.69, 9.17) is 0 Å². The number of halogens is 1. The molecule has 0 amide bonds. The number of nitrogens with zero attached hydrogens (tertiary/aromatic N) is 1. The van der Waals surface area contributed by atoms with Gasteiger partial charge in [0.2, 0.25) is 0 Å². The standard InChI is InChI=1S/C11H17BrN2/c1-9(2)5-4-8-13-11-7-3-6-10(12)14-11/h3,6-7,9H,4-5,8H2,1-2H3,(H,13,14). The van der Waals surface area contributed by atoms with Crippen molar-refractivity contribution in [2.24, 2.45) is 5.92 Å². The van der Waals surface area contributed by atoms with Crippen LogP contribution in [0.3, 0.4) is 0 Å². The second kappa shape index (κ2) is 6.02. The maximum atomic E-state index is 4.30. The molecular formula is C11H17BrN2. The molecule has 1 N–H and O–H groups in total. The van der Waals surface area contributed by atoms with Crippen LogP contribution in [0.5, 0.6) is 0 Å². The monoisotopic (exact) mass is 256 g/mol.